The number of nitrogens with one attached hydrogen (secondary N) is 1. The third kappa shape index (κ3) is 2.31. The Balaban J connectivity index is 2.22. The zero-order chi connectivity index (χ0) is 12.4. The van der Waals surface area contributed by atoms with Gasteiger partial charge in [0.2, 0.25) is 0 Å². The van der Waals surface area contributed by atoms with Crippen LogP contribution in [0.2, 0.25) is 0 Å². The van der Waals surface area contributed by atoms with Crippen molar-refractivity contribution in [3.63, 3.8) is 0 Å². The van der Waals surface area contributed by atoms with Gasteiger partial charge in [0.15, 0.2) is 0 Å². The lowest BCUT2D eigenvalue weighted by molar-refractivity contribution is -0.0458. The highest BCUT2D eigenvalue weighted by Crippen LogP contribution is 2.27. The van der Waals surface area contributed by atoms with Gasteiger partial charge >= 0.3 is 5.69 Å². The number of aliphatic hydroxyl groups excluding tert-OH is 2. The Morgan fingerprint density at radius 2 is 2.47 bits per heavy atom. The van der Waals surface area contributed by atoms with Crippen molar-refractivity contribution in [3.05, 3.63) is 22.7 Å². The van der Waals surface area contributed by atoms with Gasteiger partial charge in [0.25, 0.3) is 0 Å². The summed E-state index contributed by atoms with van der Waals surface area (Å²) in [7, 11) is 1.67. The predicted octanol–water partition coefficient (Wildman–Crippen LogP) is -1.07. The van der Waals surface area contributed by atoms with Gasteiger partial charge in [-0.05, 0) is 6.07 Å². The van der Waals surface area contributed by atoms with Crippen molar-refractivity contribution in [2.24, 2.45) is 0 Å². The number of ether oxygens (including phenoxy) is 1. The number of aromatic nitrogens is 2. The second kappa shape index (κ2) is 4.82. The molecule has 0 radical (unpaired) electrons. The molecule has 1 aromatic heterocycles. The van der Waals surface area contributed by atoms with E-state index in [4.69, 9.17) is 9.84 Å². The summed E-state index contributed by atoms with van der Waals surface area (Å²) in [5.41, 5.74) is -0.451. The van der Waals surface area contributed by atoms with E-state index in [1.54, 1.807) is 19.3 Å². The minimum Gasteiger partial charge on any atom is -0.394 e. The van der Waals surface area contributed by atoms with Crippen LogP contribution in [-0.2, 0) is 4.74 Å². The summed E-state index contributed by atoms with van der Waals surface area (Å²) in [6, 6.07) is 1.64. The monoisotopic (exact) mass is 241 g/mol. The van der Waals surface area contributed by atoms with Gasteiger partial charge in [-0.15, -0.1) is 0 Å². The van der Waals surface area contributed by atoms with Crippen LogP contribution in [0.3, 0.4) is 0 Å². The van der Waals surface area contributed by atoms with E-state index >= 15 is 0 Å². The number of aliphatic hydroxyl groups is 2. The third-order valence-corrected chi connectivity index (χ3v) is 2.78. The van der Waals surface area contributed by atoms with E-state index in [9.17, 15) is 9.90 Å². The van der Waals surface area contributed by atoms with Crippen molar-refractivity contribution >= 4 is 5.82 Å². The quantitative estimate of drug-likeness (QED) is 0.623. The SMILES string of the molecule is CNc1ccn([C@H]2C[C@H](O)[C@@H](CO)O2)c(=O)n1. The summed E-state index contributed by atoms with van der Waals surface area (Å²) in [4.78, 5) is 15.5. The van der Waals surface area contributed by atoms with E-state index in [1.165, 1.54) is 4.57 Å². The first kappa shape index (κ1) is 12.0. The fourth-order valence-electron chi connectivity index (χ4n) is 1.82. The lowest BCUT2D eigenvalue weighted by Gasteiger charge is -2.14. The van der Waals surface area contributed by atoms with Gasteiger partial charge in [-0.25, -0.2) is 4.79 Å². The molecule has 0 saturated carbocycles. The van der Waals surface area contributed by atoms with Gasteiger partial charge < -0.3 is 20.3 Å². The molecule has 1 aliphatic heterocycles. The van der Waals surface area contributed by atoms with Gasteiger partial charge in [0.1, 0.15) is 18.1 Å². The lowest BCUT2D eigenvalue weighted by atomic mass is 10.2. The minimum absolute atomic E-state index is 0.269. The molecule has 0 spiro atoms. The smallest absolute Gasteiger partial charge is 0.351 e. The van der Waals surface area contributed by atoms with Gasteiger partial charge in [0.05, 0.1) is 12.7 Å². The van der Waals surface area contributed by atoms with Crippen LogP contribution in [0.4, 0.5) is 5.82 Å². The Hall–Kier alpha value is -1.44. The maximum absolute atomic E-state index is 11.7. The maximum Gasteiger partial charge on any atom is 0.351 e. The average molecular weight is 241 g/mol. The second-order valence-corrected chi connectivity index (χ2v) is 3.87. The van der Waals surface area contributed by atoms with Crippen LogP contribution < -0.4 is 11.0 Å². The Morgan fingerprint density at radius 1 is 1.71 bits per heavy atom. The molecule has 0 unspecified atom stereocenters. The molecule has 2 rings (SSSR count). The van der Waals surface area contributed by atoms with Crippen LogP contribution in [0.5, 0.6) is 0 Å². The second-order valence-electron chi connectivity index (χ2n) is 3.87. The number of hydrogen-bond donors (Lipinski definition) is 3. The van der Waals surface area contributed by atoms with Crippen molar-refractivity contribution in [2.75, 3.05) is 19.0 Å². The summed E-state index contributed by atoms with van der Waals surface area (Å²) in [6.07, 6.45) is -0.158. The normalized spacial score (nSPS) is 28.3. The predicted molar refractivity (Wildman–Crippen MR) is 59.7 cm³/mol. The highest BCUT2D eigenvalue weighted by Gasteiger charge is 2.34. The highest BCUT2D eigenvalue weighted by atomic mass is 16.5. The van der Waals surface area contributed by atoms with Crippen molar-refractivity contribution in [2.45, 2.75) is 24.9 Å². The van der Waals surface area contributed by atoms with E-state index in [2.05, 4.69) is 10.3 Å². The molecule has 3 atom stereocenters. The zero-order valence-electron chi connectivity index (χ0n) is 9.41. The largest absolute Gasteiger partial charge is 0.394 e. The van der Waals surface area contributed by atoms with Crippen LogP contribution >= 0.6 is 0 Å². The molecule has 7 nitrogen and oxygen atoms in total. The Labute approximate surface area is 97.7 Å². The summed E-state index contributed by atoms with van der Waals surface area (Å²) >= 11 is 0. The number of rotatable bonds is 3. The van der Waals surface area contributed by atoms with Crippen LogP contribution in [0, 0.1) is 0 Å². The summed E-state index contributed by atoms with van der Waals surface area (Å²) < 4.78 is 6.67. The zero-order valence-corrected chi connectivity index (χ0v) is 9.41. The summed E-state index contributed by atoms with van der Waals surface area (Å²) in [5, 5.41) is 21.3. The molecule has 1 fully saturated rings. The van der Waals surface area contributed by atoms with E-state index in [0.717, 1.165) is 0 Å². The number of anilines is 1. The first-order valence-electron chi connectivity index (χ1n) is 5.37. The number of nitrogens with zero attached hydrogens (tertiary/aromatic N) is 2. The van der Waals surface area contributed by atoms with E-state index in [-0.39, 0.29) is 13.0 Å². The maximum atomic E-state index is 11.7. The third-order valence-electron chi connectivity index (χ3n) is 2.78. The molecule has 2 heterocycles. The van der Waals surface area contributed by atoms with Crippen LogP contribution in [0.25, 0.3) is 0 Å². The first-order valence-corrected chi connectivity index (χ1v) is 5.37. The molecule has 0 amide bonds. The van der Waals surface area contributed by atoms with Gasteiger partial charge in [-0.1, -0.05) is 0 Å². The van der Waals surface area contributed by atoms with Gasteiger partial charge in [0, 0.05) is 19.7 Å². The molecule has 94 valence electrons. The molecular formula is C10H15N3O4. The van der Waals surface area contributed by atoms with Crippen LogP contribution in [0.15, 0.2) is 17.1 Å². The molecule has 7 heteroatoms. The topological polar surface area (TPSA) is 96.6 Å². The Morgan fingerprint density at radius 3 is 3.00 bits per heavy atom. The molecular weight excluding hydrogens is 226 g/mol. The van der Waals surface area contributed by atoms with Gasteiger partial charge in [-0.2, -0.15) is 4.98 Å². The van der Waals surface area contributed by atoms with E-state index in [1.807, 2.05) is 0 Å². The molecule has 0 bridgehead atoms. The van der Waals surface area contributed by atoms with Crippen LogP contribution in [-0.4, -0.2) is 45.6 Å². The fraction of sp³-hybridized carbons (Fsp3) is 0.600. The fourth-order valence-corrected chi connectivity index (χ4v) is 1.82. The molecule has 3 N–H and O–H groups in total. The van der Waals surface area contributed by atoms with E-state index in [0.29, 0.717) is 5.82 Å². The Bertz CT molecular complexity index is 447. The summed E-state index contributed by atoms with van der Waals surface area (Å²) in [5.74, 6) is 0.475. The molecule has 0 aliphatic carbocycles. The minimum atomic E-state index is -0.763. The molecule has 1 saturated heterocycles. The Kier molecular flexibility index (Phi) is 3.41. The van der Waals surface area contributed by atoms with Crippen molar-refractivity contribution < 1.29 is 14.9 Å². The van der Waals surface area contributed by atoms with Crippen LogP contribution in [0.1, 0.15) is 12.6 Å². The standard InChI is InChI=1S/C10H15N3O4/c1-11-8-2-3-13(10(16)12-8)9-4-6(15)7(5-14)17-9/h2-3,6-7,9,14-15H,4-5H2,1H3,(H,11,12,16)/t6-,7+,9+/m0/s1. The molecule has 17 heavy (non-hydrogen) atoms. The molecule has 1 aromatic rings. The number of hydrogen-bond acceptors (Lipinski definition) is 6. The summed E-state index contributed by atoms with van der Waals surface area (Å²) in [6.45, 7) is -0.269. The van der Waals surface area contributed by atoms with E-state index < -0.39 is 24.1 Å². The average Bonchev–Trinajstić information content (AvgIpc) is 2.70. The van der Waals surface area contributed by atoms with Crippen molar-refractivity contribution in [1.82, 2.24) is 9.55 Å². The molecule has 1 aliphatic rings. The lowest BCUT2D eigenvalue weighted by Crippen LogP contribution is -2.27. The molecule has 0 aromatic carbocycles. The van der Waals surface area contributed by atoms with Gasteiger partial charge in [-0.3, -0.25) is 4.57 Å². The highest BCUT2D eigenvalue weighted by molar-refractivity contribution is 5.30. The van der Waals surface area contributed by atoms with Crippen molar-refractivity contribution in [1.29, 1.82) is 0 Å². The van der Waals surface area contributed by atoms with Crippen molar-refractivity contribution in [3.8, 4) is 0 Å². The first-order chi connectivity index (χ1) is 8.15.